The zero-order chi connectivity index (χ0) is 14.8. The van der Waals surface area contributed by atoms with E-state index in [1.165, 1.54) is 12.5 Å². The molecule has 0 heterocycles. The van der Waals surface area contributed by atoms with Gasteiger partial charge in [-0.1, -0.05) is 29.3 Å². The summed E-state index contributed by atoms with van der Waals surface area (Å²) in [7, 11) is -3.79. The summed E-state index contributed by atoms with van der Waals surface area (Å²) in [5, 5.41) is 5.27. The molecule has 0 aromatic heterocycles. The summed E-state index contributed by atoms with van der Waals surface area (Å²) < 4.78 is 30.0. The van der Waals surface area contributed by atoms with Crippen molar-refractivity contribution < 1.29 is 13.2 Å². The quantitative estimate of drug-likeness (QED) is 0.892. The number of hydrogen-bond acceptors (Lipinski definition) is 3. The van der Waals surface area contributed by atoms with Gasteiger partial charge in [-0.2, -0.15) is 0 Å². The lowest BCUT2D eigenvalue weighted by atomic mass is 9.85. The molecule has 1 aliphatic rings. The first-order valence-electron chi connectivity index (χ1n) is 6.91. The Morgan fingerprint density at radius 3 is 2.70 bits per heavy atom. The number of sulfonamides is 1. The zero-order valence-corrected chi connectivity index (χ0v) is 13.9. The van der Waals surface area contributed by atoms with Gasteiger partial charge in [-0.05, 0) is 49.8 Å². The minimum atomic E-state index is -3.79. The van der Waals surface area contributed by atoms with Crippen LogP contribution in [-0.4, -0.2) is 14.5 Å². The lowest BCUT2D eigenvalue weighted by molar-refractivity contribution is 0.0875. The monoisotopic (exact) mass is 361 g/mol. The van der Waals surface area contributed by atoms with Crippen molar-refractivity contribution in [1.29, 1.82) is 0 Å². The fourth-order valence-corrected chi connectivity index (χ4v) is 3.96. The third-order valence-corrected chi connectivity index (χ3v) is 5.28. The number of ether oxygens (including phenoxy) is 1. The van der Waals surface area contributed by atoms with Gasteiger partial charge in [0.1, 0.15) is 16.7 Å². The van der Waals surface area contributed by atoms with Gasteiger partial charge in [-0.25, -0.2) is 13.6 Å². The number of rotatable bonds is 4. The van der Waals surface area contributed by atoms with Gasteiger partial charge in [0.25, 0.3) is 0 Å². The van der Waals surface area contributed by atoms with E-state index in [4.69, 9.17) is 9.88 Å². The van der Waals surface area contributed by atoms with Crippen LogP contribution in [0.4, 0.5) is 0 Å². The smallest absolute Gasteiger partial charge is 0.241 e. The average molecular weight is 362 g/mol. The Hall–Kier alpha value is -0.590. The molecule has 1 aromatic carbocycles. The van der Waals surface area contributed by atoms with Gasteiger partial charge in [0, 0.05) is 4.47 Å². The molecule has 20 heavy (non-hydrogen) atoms. The fourth-order valence-electron chi connectivity index (χ4n) is 2.76. The van der Waals surface area contributed by atoms with E-state index in [0.717, 1.165) is 25.7 Å². The van der Waals surface area contributed by atoms with Gasteiger partial charge in [-0.15, -0.1) is 0 Å². The molecule has 6 heteroatoms. The molecule has 0 radical (unpaired) electrons. The SMILES string of the molecule is CCC1CCCCC1Oc1ccc(Br)cc1S(N)(=O)=O. The molecule has 1 fully saturated rings. The first-order chi connectivity index (χ1) is 9.41. The van der Waals surface area contributed by atoms with E-state index >= 15 is 0 Å². The van der Waals surface area contributed by atoms with Gasteiger partial charge in [0.15, 0.2) is 0 Å². The largest absolute Gasteiger partial charge is 0.489 e. The second-order valence-corrected chi connectivity index (χ2v) is 7.69. The Balaban J connectivity index is 2.29. The van der Waals surface area contributed by atoms with E-state index in [1.54, 1.807) is 12.1 Å². The number of benzene rings is 1. The lowest BCUT2D eigenvalue weighted by Crippen LogP contribution is -2.30. The van der Waals surface area contributed by atoms with Crippen molar-refractivity contribution in [3.05, 3.63) is 22.7 Å². The predicted octanol–water partition coefficient (Wildman–Crippen LogP) is 3.44. The first kappa shape index (κ1) is 15.8. The molecule has 2 N–H and O–H groups in total. The van der Waals surface area contributed by atoms with Crippen LogP contribution < -0.4 is 9.88 Å². The topological polar surface area (TPSA) is 69.4 Å². The van der Waals surface area contributed by atoms with Crippen LogP contribution >= 0.6 is 15.9 Å². The second-order valence-electron chi connectivity index (χ2n) is 5.25. The van der Waals surface area contributed by atoms with E-state index in [2.05, 4.69) is 22.9 Å². The van der Waals surface area contributed by atoms with Gasteiger partial charge in [-0.3, -0.25) is 0 Å². The molecule has 0 saturated heterocycles. The highest BCUT2D eigenvalue weighted by Crippen LogP contribution is 2.33. The number of halogens is 1. The van der Waals surface area contributed by atoms with E-state index in [0.29, 0.717) is 16.1 Å². The second kappa shape index (κ2) is 6.45. The van der Waals surface area contributed by atoms with Crippen molar-refractivity contribution in [2.75, 3.05) is 0 Å². The average Bonchev–Trinajstić information content (AvgIpc) is 2.40. The molecule has 1 saturated carbocycles. The van der Waals surface area contributed by atoms with Crippen LogP contribution in [0.1, 0.15) is 39.0 Å². The fraction of sp³-hybridized carbons (Fsp3) is 0.571. The molecule has 0 aliphatic heterocycles. The number of primary sulfonamides is 1. The maximum absolute atomic E-state index is 11.7. The summed E-state index contributed by atoms with van der Waals surface area (Å²) >= 11 is 3.26. The van der Waals surface area contributed by atoms with Crippen LogP contribution in [0.2, 0.25) is 0 Å². The van der Waals surface area contributed by atoms with Crippen LogP contribution in [0.25, 0.3) is 0 Å². The highest BCUT2D eigenvalue weighted by molar-refractivity contribution is 9.10. The molecular weight excluding hydrogens is 342 g/mol. The van der Waals surface area contributed by atoms with E-state index in [1.807, 2.05) is 0 Å². The number of hydrogen-bond donors (Lipinski definition) is 1. The van der Waals surface area contributed by atoms with Crippen LogP contribution in [0.3, 0.4) is 0 Å². The van der Waals surface area contributed by atoms with Crippen molar-refractivity contribution in [2.45, 2.75) is 50.0 Å². The van der Waals surface area contributed by atoms with E-state index < -0.39 is 10.0 Å². The Morgan fingerprint density at radius 1 is 1.35 bits per heavy atom. The third kappa shape index (κ3) is 3.74. The van der Waals surface area contributed by atoms with E-state index in [-0.39, 0.29) is 11.0 Å². The molecule has 0 amide bonds. The van der Waals surface area contributed by atoms with Gasteiger partial charge < -0.3 is 4.74 Å². The molecule has 2 atom stereocenters. The van der Waals surface area contributed by atoms with Gasteiger partial charge >= 0.3 is 0 Å². The van der Waals surface area contributed by atoms with E-state index in [9.17, 15) is 8.42 Å². The minimum absolute atomic E-state index is 0.0484. The maximum Gasteiger partial charge on any atom is 0.241 e. The normalized spacial score (nSPS) is 23.6. The highest BCUT2D eigenvalue weighted by atomic mass is 79.9. The van der Waals surface area contributed by atoms with Crippen molar-refractivity contribution in [3.63, 3.8) is 0 Å². The lowest BCUT2D eigenvalue weighted by Gasteiger charge is -2.31. The summed E-state index contributed by atoms with van der Waals surface area (Å²) in [5.41, 5.74) is 0. The molecule has 4 nitrogen and oxygen atoms in total. The Morgan fingerprint density at radius 2 is 2.05 bits per heavy atom. The molecule has 2 unspecified atom stereocenters. The maximum atomic E-state index is 11.7. The summed E-state index contributed by atoms with van der Waals surface area (Å²) in [5.74, 6) is 0.849. The molecular formula is C14H20BrNO3S. The number of nitrogens with two attached hydrogens (primary N) is 1. The van der Waals surface area contributed by atoms with Crippen molar-refractivity contribution in [3.8, 4) is 5.75 Å². The molecule has 112 valence electrons. The van der Waals surface area contributed by atoms with Crippen LogP contribution in [0.15, 0.2) is 27.6 Å². The molecule has 0 bridgehead atoms. The Labute approximate surface area is 128 Å². The summed E-state index contributed by atoms with van der Waals surface area (Å²) in [6.45, 7) is 2.15. The van der Waals surface area contributed by atoms with Crippen LogP contribution in [0.5, 0.6) is 5.75 Å². The molecule has 1 aliphatic carbocycles. The van der Waals surface area contributed by atoms with Crippen LogP contribution in [0, 0.1) is 5.92 Å². The van der Waals surface area contributed by atoms with Crippen LogP contribution in [-0.2, 0) is 10.0 Å². The highest BCUT2D eigenvalue weighted by Gasteiger charge is 2.27. The summed E-state index contributed by atoms with van der Waals surface area (Å²) in [6, 6.07) is 4.94. The zero-order valence-electron chi connectivity index (χ0n) is 11.5. The molecule has 0 spiro atoms. The van der Waals surface area contributed by atoms with Crippen molar-refractivity contribution in [2.24, 2.45) is 11.1 Å². The predicted molar refractivity (Wildman–Crippen MR) is 82.2 cm³/mol. The summed E-state index contributed by atoms with van der Waals surface area (Å²) in [6.07, 6.45) is 5.59. The van der Waals surface area contributed by atoms with Gasteiger partial charge in [0.05, 0.1) is 0 Å². The van der Waals surface area contributed by atoms with Crippen molar-refractivity contribution >= 4 is 26.0 Å². The molecule has 2 rings (SSSR count). The third-order valence-electron chi connectivity index (χ3n) is 3.85. The standard InChI is InChI=1S/C14H20BrNO3S/c1-2-10-5-3-4-6-12(10)19-13-8-7-11(15)9-14(13)20(16,17)18/h7-10,12H,2-6H2,1H3,(H2,16,17,18). The van der Waals surface area contributed by atoms with Crippen molar-refractivity contribution in [1.82, 2.24) is 0 Å². The first-order valence-corrected chi connectivity index (χ1v) is 9.24. The Bertz CT molecular complexity index is 574. The van der Waals surface area contributed by atoms with Gasteiger partial charge in [0.2, 0.25) is 10.0 Å². The summed E-state index contributed by atoms with van der Waals surface area (Å²) in [4.78, 5) is 0.0484. The minimum Gasteiger partial charge on any atom is -0.489 e. The molecule has 1 aromatic rings. The Kier molecular flexibility index (Phi) is 5.09.